The summed E-state index contributed by atoms with van der Waals surface area (Å²) in [6, 6.07) is 0. The lowest BCUT2D eigenvalue weighted by atomic mass is 10.0. The number of carbonyl (C=O) groups is 4. The fraction of sp³-hybridized carbons (Fsp3) is 0.940. The lowest BCUT2D eigenvalue weighted by Crippen LogP contribution is -2.30. The van der Waals surface area contributed by atoms with Crippen molar-refractivity contribution in [3.05, 3.63) is 0 Å². The van der Waals surface area contributed by atoms with E-state index in [1.165, 1.54) is 116 Å². The molecule has 0 amide bonds. The van der Waals surface area contributed by atoms with Crippen LogP contribution in [-0.4, -0.2) is 96.7 Å². The van der Waals surface area contributed by atoms with E-state index in [1.54, 1.807) is 0 Å². The molecule has 3 N–H and O–H groups in total. The van der Waals surface area contributed by atoms with Crippen LogP contribution >= 0.6 is 15.6 Å². The van der Waals surface area contributed by atoms with Gasteiger partial charge in [-0.05, 0) is 49.4 Å². The summed E-state index contributed by atoms with van der Waals surface area (Å²) in [5.74, 6) is 0.752. The molecular weight excluding hydrogens is 1140 g/mol. The Labute approximate surface area is 524 Å². The van der Waals surface area contributed by atoms with Crippen LogP contribution in [0.1, 0.15) is 325 Å². The highest BCUT2D eigenvalue weighted by molar-refractivity contribution is 7.47. The van der Waals surface area contributed by atoms with Crippen LogP contribution in [-0.2, 0) is 65.4 Å². The number of hydrogen-bond donors (Lipinski definition) is 3. The number of carbonyl (C=O) groups excluding carboxylic acids is 4. The fourth-order valence-electron chi connectivity index (χ4n) is 9.96. The topological polar surface area (TPSA) is 237 Å². The first-order chi connectivity index (χ1) is 41.1. The van der Waals surface area contributed by atoms with Gasteiger partial charge in [0, 0.05) is 25.7 Å². The van der Waals surface area contributed by atoms with Crippen LogP contribution in [0.15, 0.2) is 0 Å². The molecular formula is C67H130O17P2. The van der Waals surface area contributed by atoms with Crippen molar-refractivity contribution in [2.24, 2.45) is 23.7 Å². The maximum Gasteiger partial charge on any atom is 0.472 e. The van der Waals surface area contributed by atoms with Gasteiger partial charge in [-0.25, -0.2) is 9.13 Å². The normalized spacial score (nSPS) is 14.4. The van der Waals surface area contributed by atoms with E-state index in [1.807, 2.05) is 0 Å². The average Bonchev–Trinajstić information content (AvgIpc) is 3.54. The first-order valence-electron chi connectivity index (χ1n) is 34.7. The van der Waals surface area contributed by atoms with Crippen LogP contribution < -0.4 is 0 Å². The standard InChI is InChI=1S/C67H130O17P2/c1-57(2)43-35-27-19-14-12-10-9-11-13-15-22-33-41-49-66(71)83-63(54-78-65(70)48-40-32-26-25-30-38-46-60(7)8)56-82-86(75,76)80-52-61(68)51-79-85(73,74)81-55-62(53-77-64(69)47-39-31-24-18-21-29-37-45-59(5)6)84-67(72)50-42-34-23-17-16-20-28-36-44-58(3)4/h57-63,68H,9-56H2,1-8H3,(H,73,74)(H,75,76)/t61-,62-,63-/m1/s1. The third-order valence-electron chi connectivity index (χ3n) is 15.3. The van der Waals surface area contributed by atoms with Gasteiger partial charge in [0.05, 0.1) is 26.4 Å². The van der Waals surface area contributed by atoms with Crippen LogP contribution in [0.2, 0.25) is 0 Å². The largest absolute Gasteiger partial charge is 0.472 e. The fourth-order valence-corrected chi connectivity index (χ4v) is 11.5. The van der Waals surface area contributed by atoms with E-state index in [2.05, 4.69) is 55.4 Å². The van der Waals surface area contributed by atoms with E-state index in [-0.39, 0.29) is 25.7 Å². The number of unbranched alkanes of at least 4 members (excludes halogenated alkanes) is 30. The number of aliphatic hydroxyl groups excluding tert-OH is 1. The second-order valence-electron chi connectivity index (χ2n) is 26.1. The number of hydrogen-bond acceptors (Lipinski definition) is 15. The minimum absolute atomic E-state index is 0.103. The second kappa shape index (κ2) is 57.0. The maximum absolute atomic E-state index is 13.0. The summed E-state index contributed by atoms with van der Waals surface area (Å²) in [4.78, 5) is 72.3. The first-order valence-corrected chi connectivity index (χ1v) is 37.7. The number of aliphatic hydroxyl groups is 1. The van der Waals surface area contributed by atoms with E-state index in [4.69, 9.17) is 37.0 Å². The summed E-state index contributed by atoms with van der Waals surface area (Å²) in [5.41, 5.74) is 0. The molecule has 0 aliphatic carbocycles. The predicted octanol–water partition coefficient (Wildman–Crippen LogP) is 18.5. The molecule has 0 rings (SSSR count). The van der Waals surface area contributed by atoms with Crippen molar-refractivity contribution in [1.29, 1.82) is 0 Å². The van der Waals surface area contributed by atoms with Crippen molar-refractivity contribution >= 4 is 39.5 Å². The van der Waals surface area contributed by atoms with Crippen LogP contribution in [0.3, 0.4) is 0 Å². The van der Waals surface area contributed by atoms with Crippen molar-refractivity contribution in [1.82, 2.24) is 0 Å². The molecule has 0 radical (unpaired) electrons. The monoisotopic (exact) mass is 1270 g/mol. The highest BCUT2D eigenvalue weighted by Crippen LogP contribution is 2.45. The highest BCUT2D eigenvalue weighted by atomic mass is 31.2. The summed E-state index contributed by atoms with van der Waals surface area (Å²) < 4.78 is 68.1. The molecule has 0 aliphatic heterocycles. The first kappa shape index (κ1) is 84.1. The van der Waals surface area contributed by atoms with Crippen LogP contribution in [0.4, 0.5) is 0 Å². The molecule has 0 bridgehead atoms. The van der Waals surface area contributed by atoms with Crippen molar-refractivity contribution in [2.75, 3.05) is 39.6 Å². The van der Waals surface area contributed by atoms with Gasteiger partial charge in [-0.3, -0.25) is 37.3 Å². The van der Waals surface area contributed by atoms with Gasteiger partial charge in [-0.1, -0.05) is 274 Å². The van der Waals surface area contributed by atoms with Gasteiger partial charge in [0.2, 0.25) is 0 Å². The molecule has 0 aliphatic rings. The lowest BCUT2D eigenvalue weighted by Gasteiger charge is -2.21. The van der Waals surface area contributed by atoms with Gasteiger partial charge in [0.25, 0.3) is 0 Å². The minimum atomic E-state index is -4.95. The SMILES string of the molecule is CC(C)CCCCCCCCCCCCCCCC(=O)O[C@H](COC(=O)CCCCCCCCC(C)C)COP(=O)(O)OC[C@H](O)COP(=O)(O)OC[C@@H](COC(=O)CCCCCCCCCC(C)C)OC(=O)CCCCCCCCCCC(C)C. The average molecular weight is 1270 g/mol. The molecule has 0 fully saturated rings. The van der Waals surface area contributed by atoms with E-state index in [9.17, 15) is 43.2 Å². The maximum atomic E-state index is 13.0. The van der Waals surface area contributed by atoms with Crippen LogP contribution in [0.25, 0.3) is 0 Å². The number of phosphoric acid groups is 2. The Hall–Kier alpha value is -1.94. The zero-order valence-corrected chi connectivity index (χ0v) is 57.7. The van der Waals surface area contributed by atoms with Gasteiger partial charge in [-0.2, -0.15) is 0 Å². The Bertz CT molecular complexity index is 1710. The molecule has 0 heterocycles. The molecule has 0 aromatic carbocycles. The van der Waals surface area contributed by atoms with Crippen molar-refractivity contribution < 1.29 is 80.2 Å². The summed E-state index contributed by atoms with van der Waals surface area (Å²) in [6.07, 6.45) is 37.8. The number of phosphoric ester groups is 2. The van der Waals surface area contributed by atoms with Gasteiger partial charge in [0.1, 0.15) is 19.3 Å². The second-order valence-corrected chi connectivity index (χ2v) is 29.0. The zero-order valence-electron chi connectivity index (χ0n) is 55.9. The van der Waals surface area contributed by atoms with Gasteiger partial charge < -0.3 is 33.8 Å². The smallest absolute Gasteiger partial charge is 0.462 e. The molecule has 19 heteroatoms. The Morgan fingerprint density at radius 3 is 0.721 bits per heavy atom. The van der Waals surface area contributed by atoms with E-state index < -0.39 is 97.5 Å². The van der Waals surface area contributed by atoms with Crippen LogP contribution in [0.5, 0.6) is 0 Å². The Balaban J connectivity index is 5.22. The number of ether oxygens (including phenoxy) is 4. The molecule has 0 aromatic heterocycles. The number of rotatable bonds is 64. The molecule has 510 valence electrons. The van der Waals surface area contributed by atoms with Crippen molar-refractivity contribution in [2.45, 2.75) is 343 Å². The molecule has 0 saturated heterocycles. The highest BCUT2D eigenvalue weighted by Gasteiger charge is 2.30. The van der Waals surface area contributed by atoms with Gasteiger partial charge in [0.15, 0.2) is 12.2 Å². The zero-order chi connectivity index (χ0) is 63.9. The molecule has 17 nitrogen and oxygen atoms in total. The molecule has 0 spiro atoms. The van der Waals surface area contributed by atoms with Crippen molar-refractivity contribution in [3.8, 4) is 0 Å². The molecule has 86 heavy (non-hydrogen) atoms. The van der Waals surface area contributed by atoms with E-state index in [0.717, 1.165) is 115 Å². The molecule has 0 saturated carbocycles. The van der Waals surface area contributed by atoms with Crippen LogP contribution in [0, 0.1) is 23.7 Å². The third-order valence-corrected chi connectivity index (χ3v) is 17.2. The summed E-state index contributed by atoms with van der Waals surface area (Å²) in [7, 11) is -9.89. The Morgan fingerprint density at radius 2 is 0.488 bits per heavy atom. The molecule has 5 atom stereocenters. The van der Waals surface area contributed by atoms with Gasteiger partial charge >= 0.3 is 39.5 Å². The van der Waals surface area contributed by atoms with Gasteiger partial charge in [-0.15, -0.1) is 0 Å². The minimum Gasteiger partial charge on any atom is -0.462 e. The summed E-state index contributed by atoms with van der Waals surface area (Å²) in [5, 5.41) is 10.6. The van der Waals surface area contributed by atoms with Crippen molar-refractivity contribution in [3.63, 3.8) is 0 Å². The Kier molecular flexibility index (Phi) is 55.7. The molecule has 0 aromatic rings. The lowest BCUT2D eigenvalue weighted by molar-refractivity contribution is -0.161. The quantitative estimate of drug-likeness (QED) is 0.0222. The summed E-state index contributed by atoms with van der Waals surface area (Å²) >= 11 is 0. The third kappa shape index (κ3) is 60.9. The van der Waals surface area contributed by atoms with E-state index >= 15 is 0 Å². The van der Waals surface area contributed by atoms with E-state index in [0.29, 0.717) is 37.5 Å². The predicted molar refractivity (Wildman–Crippen MR) is 344 cm³/mol. The summed E-state index contributed by atoms with van der Waals surface area (Å²) in [6.45, 7) is 14.0. The molecule has 2 unspecified atom stereocenters. The Morgan fingerprint density at radius 1 is 0.291 bits per heavy atom. The number of esters is 4.